The van der Waals surface area contributed by atoms with Gasteiger partial charge in [-0.05, 0) is 57.8 Å². The van der Waals surface area contributed by atoms with Gasteiger partial charge >= 0.3 is 11.9 Å². The molecule has 1 unspecified atom stereocenters. The zero-order valence-corrected chi connectivity index (χ0v) is 21.0. The summed E-state index contributed by atoms with van der Waals surface area (Å²) in [6.45, 7) is 4.23. The molecule has 4 nitrogen and oxygen atoms in total. The van der Waals surface area contributed by atoms with E-state index in [0.29, 0.717) is 19.3 Å². The second-order valence-electron chi connectivity index (χ2n) is 8.85. The molecule has 0 aromatic rings. The minimum atomic E-state index is -0.793. The highest BCUT2D eigenvalue weighted by Crippen LogP contribution is 2.13. The summed E-state index contributed by atoms with van der Waals surface area (Å²) in [7, 11) is 0. The lowest BCUT2D eigenvalue weighted by Crippen LogP contribution is -2.17. The molecule has 4 heteroatoms. The number of unbranched alkanes of at least 4 members (excludes halogenated alkanes) is 11. The second kappa shape index (κ2) is 24.1. The summed E-state index contributed by atoms with van der Waals surface area (Å²) < 4.78 is 5.47. The summed E-state index contributed by atoms with van der Waals surface area (Å²) >= 11 is 0. The van der Waals surface area contributed by atoms with Crippen molar-refractivity contribution in [3.8, 4) is 0 Å². The van der Waals surface area contributed by atoms with Gasteiger partial charge in [-0.15, -0.1) is 0 Å². The molecule has 0 aliphatic rings. The maximum atomic E-state index is 11.9. The molecule has 0 amide bonds. The van der Waals surface area contributed by atoms with E-state index in [-0.39, 0.29) is 18.5 Å². The number of ether oxygens (including phenoxy) is 1. The first-order chi connectivity index (χ1) is 15.6. The maximum Gasteiger partial charge on any atom is 0.306 e. The molecule has 1 atom stereocenters. The molecule has 186 valence electrons. The molecule has 0 aliphatic carbocycles. The Morgan fingerprint density at radius 1 is 0.719 bits per heavy atom. The van der Waals surface area contributed by atoms with E-state index in [1.165, 1.54) is 70.6 Å². The van der Waals surface area contributed by atoms with Gasteiger partial charge in [-0.25, -0.2) is 0 Å². The van der Waals surface area contributed by atoms with E-state index in [4.69, 9.17) is 9.84 Å². The van der Waals surface area contributed by atoms with Crippen molar-refractivity contribution in [2.45, 2.75) is 142 Å². The van der Waals surface area contributed by atoms with Crippen LogP contribution in [0.1, 0.15) is 136 Å². The standard InChI is InChI=1S/C28H50O4/c1-3-5-6-7-8-9-10-11-12-13-14-15-16-17-18-19-20-21-25-28(31)32-26(4-2)23-22-24-27(29)30/h9-10,12-13,26H,3-8,11,14-25H2,1-2H3,(H,29,30)/b10-9-,13-12-. The quantitative estimate of drug-likeness (QED) is 0.0962. The number of allylic oxidation sites excluding steroid dienone is 4. The third kappa shape index (κ3) is 23.1. The van der Waals surface area contributed by atoms with Crippen LogP contribution < -0.4 is 0 Å². The highest BCUT2D eigenvalue weighted by molar-refractivity contribution is 5.69. The molecular formula is C28H50O4. The van der Waals surface area contributed by atoms with Gasteiger partial charge in [0.2, 0.25) is 0 Å². The van der Waals surface area contributed by atoms with E-state index in [2.05, 4.69) is 31.2 Å². The average molecular weight is 451 g/mol. The van der Waals surface area contributed by atoms with Crippen LogP contribution in [0.4, 0.5) is 0 Å². The van der Waals surface area contributed by atoms with Crippen molar-refractivity contribution in [2.24, 2.45) is 0 Å². The highest BCUT2D eigenvalue weighted by atomic mass is 16.5. The molecule has 0 rings (SSSR count). The topological polar surface area (TPSA) is 63.6 Å². The van der Waals surface area contributed by atoms with Crippen LogP contribution in [-0.4, -0.2) is 23.1 Å². The van der Waals surface area contributed by atoms with Crippen molar-refractivity contribution in [3.05, 3.63) is 24.3 Å². The van der Waals surface area contributed by atoms with Gasteiger partial charge < -0.3 is 9.84 Å². The van der Waals surface area contributed by atoms with Gasteiger partial charge in [0.25, 0.3) is 0 Å². The Labute approximate surface area is 197 Å². The van der Waals surface area contributed by atoms with Crippen LogP contribution in [0.25, 0.3) is 0 Å². The van der Waals surface area contributed by atoms with E-state index in [1.54, 1.807) is 0 Å². The van der Waals surface area contributed by atoms with Crippen LogP contribution in [0.3, 0.4) is 0 Å². The molecule has 0 fully saturated rings. The Morgan fingerprint density at radius 2 is 1.28 bits per heavy atom. The van der Waals surface area contributed by atoms with Crippen molar-refractivity contribution >= 4 is 11.9 Å². The Hall–Kier alpha value is -1.58. The van der Waals surface area contributed by atoms with Crippen molar-refractivity contribution in [1.29, 1.82) is 0 Å². The average Bonchev–Trinajstić information content (AvgIpc) is 2.77. The predicted molar refractivity (Wildman–Crippen MR) is 135 cm³/mol. The minimum Gasteiger partial charge on any atom is -0.481 e. The van der Waals surface area contributed by atoms with Crippen molar-refractivity contribution in [1.82, 2.24) is 0 Å². The molecule has 0 aromatic heterocycles. The Balaban J connectivity index is 3.44. The lowest BCUT2D eigenvalue weighted by atomic mass is 10.1. The van der Waals surface area contributed by atoms with Crippen LogP contribution in [0.15, 0.2) is 24.3 Å². The molecule has 0 saturated carbocycles. The Kier molecular flexibility index (Phi) is 22.9. The fraction of sp³-hybridized carbons (Fsp3) is 0.786. The van der Waals surface area contributed by atoms with Crippen LogP contribution in [0.2, 0.25) is 0 Å². The number of carbonyl (C=O) groups excluding carboxylic acids is 1. The summed E-state index contributed by atoms with van der Waals surface area (Å²) in [5.41, 5.74) is 0. The van der Waals surface area contributed by atoms with Gasteiger partial charge in [0.1, 0.15) is 6.10 Å². The number of rotatable bonds is 23. The largest absolute Gasteiger partial charge is 0.481 e. The zero-order valence-electron chi connectivity index (χ0n) is 21.0. The van der Waals surface area contributed by atoms with Crippen LogP contribution in [-0.2, 0) is 14.3 Å². The molecule has 0 heterocycles. The third-order valence-corrected chi connectivity index (χ3v) is 5.75. The Bertz CT molecular complexity index is 496. The van der Waals surface area contributed by atoms with Gasteiger partial charge in [-0.2, -0.15) is 0 Å². The molecular weight excluding hydrogens is 400 g/mol. The summed E-state index contributed by atoms with van der Waals surface area (Å²) in [5, 5.41) is 8.69. The molecule has 0 aliphatic heterocycles. The molecule has 0 bridgehead atoms. The van der Waals surface area contributed by atoms with E-state index in [1.807, 2.05) is 6.92 Å². The first-order valence-electron chi connectivity index (χ1n) is 13.3. The lowest BCUT2D eigenvalue weighted by molar-refractivity contribution is -0.149. The highest BCUT2D eigenvalue weighted by Gasteiger charge is 2.12. The minimum absolute atomic E-state index is 0.134. The Morgan fingerprint density at radius 3 is 1.84 bits per heavy atom. The monoisotopic (exact) mass is 450 g/mol. The van der Waals surface area contributed by atoms with E-state index in [0.717, 1.165) is 25.7 Å². The third-order valence-electron chi connectivity index (χ3n) is 5.75. The number of hydrogen-bond acceptors (Lipinski definition) is 3. The molecule has 0 saturated heterocycles. The molecule has 0 radical (unpaired) electrons. The van der Waals surface area contributed by atoms with Crippen molar-refractivity contribution in [2.75, 3.05) is 0 Å². The van der Waals surface area contributed by atoms with E-state index >= 15 is 0 Å². The summed E-state index contributed by atoms with van der Waals surface area (Å²) in [6, 6.07) is 0. The summed E-state index contributed by atoms with van der Waals surface area (Å²) in [5.74, 6) is -0.927. The first-order valence-corrected chi connectivity index (χ1v) is 13.3. The zero-order chi connectivity index (χ0) is 23.7. The van der Waals surface area contributed by atoms with Gasteiger partial charge in [-0.3, -0.25) is 9.59 Å². The number of aliphatic carboxylic acids is 1. The van der Waals surface area contributed by atoms with E-state index < -0.39 is 5.97 Å². The number of carboxylic acid groups (broad SMARTS) is 1. The molecule has 32 heavy (non-hydrogen) atoms. The number of carbonyl (C=O) groups is 2. The molecule has 1 N–H and O–H groups in total. The predicted octanol–water partition coefficient (Wildman–Crippen LogP) is 8.55. The van der Waals surface area contributed by atoms with Gasteiger partial charge in [0.15, 0.2) is 0 Å². The second-order valence-corrected chi connectivity index (χ2v) is 8.85. The maximum absolute atomic E-state index is 11.9. The summed E-state index contributed by atoms with van der Waals surface area (Å²) in [4.78, 5) is 22.5. The van der Waals surface area contributed by atoms with E-state index in [9.17, 15) is 9.59 Å². The number of hydrogen-bond donors (Lipinski definition) is 1. The molecule has 0 aromatic carbocycles. The van der Waals surface area contributed by atoms with Crippen LogP contribution in [0, 0.1) is 0 Å². The van der Waals surface area contributed by atoms with Crippen LogP contribution >= 0.6 is 0 Å². The lowest BCUT2D eigenvalue weighted by Gasteiger charge is -2.15. The smallest absolute Gasteiger partial charge is 0.306 e. The first kappa shape index (κ1) is 30.4. The van der Waals surface area contributed by atoms with Crippen molar-refractivity contribution < 1.29 is 19.4 Å². The summed E-state index contributed by atoms with van der Waals surface area (Å²) in [6.07, 6.45) is 28.7. The number of esters is 1. The fourth-order valence-corrected chi connectivity index (χ4v) is 3.68. The van der Waals surface area contributed by atoms with Crippen LogP contribution in [0.5, 0.6) is 0 Å². The van der Waals surface area contributed by atoms with Gasteiger partial charge in [-0.1, -0.05) is 89.5 Å². The molecule has 0 spiro atoms. The normalized spacial score (nSPS) is 12.6. The number of carboxylic acids is 1. The SMILES string of the molecule is CCCCCC/C=C\C/C=C\CCCCCCCCCC(=O)OC(CC)CCCC(=O)O. The van der Waals surface area contributed by atoms with Gasteiger partial charge in [0, 0.05) is 12.8 Å². The van der Waals surface area contributed by atoms with Crippen molar-refractivity contribution in [3.63, 3.8) is 0 Å². The van der Waals surface area contributed by atoms with Gasteiger partial charge in [0.05, 0.1) is 0 Å². The fourth-order valence-electron chi connectivity index (χ4n) is 3.68.